The maximum Gasteiger partial charge on any atom is 0.226 e. The Morgan fingerprint density at radius 1 is 1.35 bits per heavy atom. The Kier molecular flexibility index (Phi) is 3.87. The van der Waals surface area contributed by atoms with Crippen molar-refractivity contribution in [3.8, 4) is 0 Å². The van der Waals surface area contributed by atoms with Crippen LogP contribution in [0.4, 0.5) is 0 Å². The normalized spacial score (nSPS) is 18.0. The molecule has 1 aliphatic carbocycles. The highest BCUT2D eigenvalue weighted by atomic mass is 79.9. The Morgan fingerprint density at radius 2 is 2.00 bits per heavy atom. The number of benzene rings is 1. The van der Waals surface area contributed by atoms with Gasteiger partial charge in [-0.25, -0.2) is 0 Å². The molecule has 2 nitrogen and oxygen atoms in total. The molecule has 92 valence electrons. The lowest BCUT2D eigenvalue weighted by Crippen LogP contribution is -2.36. The highest BCUT2D eigenvalue weighted by molar-refractivity contribution is 9.10. The summed E-state index contributed by atoms with van der Waals surface area (Å²) in [4.78, 5) is 12.1. The largest absolute Gasteiger partial charge is 0.352 e. The lowest BCUT2D eigenvalue weighted by atomic mass is 9.88. The van der Waals surface area contributed by atoms with E-state index in [1.165, 1.54) is 12.8 Å². The molecule has 0 aliphatic heterocycles. The van der Waals surface area contributed by atoms with Crippen LogP contribution in [0.25, 0.3) is 0 Å². The summed E-state index contributed by atoms with van der Waals surface area (Å²) in [7, 11) is 0. The Labute approximate surface area is 111 Å². The minimum absolute atomic E-state index is 0.138. The van der Waals surface area contributed by atoms with E-state index in [2.05, 4.69) is 28.2 Å². The number of carbonyl (C=O) groups is 1. The van der Waals surface area contributed by atoms with E-state index in [0.29, 0.717) is 6.54 Å². The molecule has 1 fully saturated rings. The molecule has 2 rings (SSSR count). The van der Waals surface area contributed by atoms with E-state index in [4.69, 9.17) is 0 Å². The van der Waals surface area contributed by atoms with E-state index < -0.39 is 0 Å². The van der Waals surface area contributed by atoms with Gasteiger partial charge in [0.1, 0.15) is 0 Å². The second-order valence-electron chi connectivity index (χ2n) is 5.04. The summed E-state index contributed by atoms with van der Waals surface area (Å²) < 4.78 is 1.05. The lowest BCUT2D eigenvalue weighted by Gasteiger charge is -2.22. The van der Waals surface area contributed by atoms with Crippen molar-refractivity contribution in [1.82, 2.24) is 5.32 Å². The van der Waals surface area contributed by atoms with E-state index in [0.717, 1.165) is 22.9 Å². The molecule has 0 heterocycles. The summed E-state index contributed by atoms with van der Waals surface area (Å²) in [5.74, 6) is 0.200. The zero-order valence-electron chi connectivity index (χ0n) is 10.1. The molecule has 0 saturated heterocycles. The third kappa shape index (κ3) is 2.89. The molecule has 0 aromatic heterocycles. The fourth-order valence-corrected chi connectivity index (χ4v) is 2.84. The SMILES string of the molecule is CC1(C(=O)NCc2ccccc2Br)CCCC1. The molecule has 3 heteroatoms. The minimum Gasteiger partial charge on any atom is -0.352 e. The monoisotopic (exact) mass is 295 g/mol. The standard InChI is InChI=1S/C14H18BrNO/c1-14(8-4-5-9-14)13(17)16-10-11-6-2-3-7-12(11)15/h2-3,6-7H,4-5,8-10H2,1H3,(H,16,17). The van der Waals surface area contributed by atoms with Crippen LogP contribution >= 0.6 is 15.9 Å². The molecule has 1 aliphatic rings. The van der Waals surface area contributed by atoms with Crippen LogP contribution < -0.4 is 5.32 Å². The van der Waals surface area contributed by atoms with Crippen molar-refractivity contribution in [3.05, 3.63) is 34.3 Å². The van der Waals surface area contributed by atoms with Crippen LogP contribution in [0.3, 0.4) is 0 Å². The molecule has 1 amide bonds. The van der Waals surface area contributed by atoms with Crippen LogP contribution in [0.2, 0.25) is 0 Å². The first-order chi connectivity index (χ1) is 8.12. The van der Waals surface area contributed by atoms with Gasteiger partial charge in [-0.1, -0.05) is 53.9 Å². The third-order valence-corrected chi connectivity index (χ3v) is 4.43. The van der Waals surface area contributed by atoms with Gasteiger partial charge in [-0.2, -0.15) is 0 Å². The Hall–Kier alpha value is -0.830. The van der Waals surface area contributed by atoms with E-state index in [9.17, 15) is 4.79 Å². The van der Waals surface area contributed by atoms with Crippen LogP contribution in [0.1, 0.15) is 38.2 Å². The number of rotatable bonds is 3. The fourth-order valence-electron chi connectivity index (χ4n) is 2.41. The van der Waals surface area contributed by atoms with E-state index in [1.807, 2.05) is 24.3 Å². The van der Waals surface area contributed by atoms with Gasteiger partial charge in [0.15, 0.2) is 0 Å². The number of nitrogens with one attached hydrogen (secondary N) is 1. The molecule has 0 unspecified atom stereocenters. The average Bonchev–Trinajstić information content (AvgIpc) is 2.76. The second kappa shape index (κ2) is 5.21. The van der Waals surface area contributed by atoms with Gasteiger partial charge in [0, 0.05) is 16.4 Å². The third-order valence-electron chi connectivity index (χ3n) is 3.65. The highest BCUT2D eigenvalue weighted by Gasteiger charge is 2.35. The summed E-state index contributed by atoms with van der Waals surface area (Å²) in [5, 5.41) is 3.05. The van der Waals surface area contributed by atoms with Gasteiger partial charge < -0.3 is 5.32 Å². The van der Waals surface area contributed by atoms with Crippen molar-refractivity contribution in [2.45, 2.75) is 39.2 Å². The quantitative estimate of drug-likeness (QED) is 0.906. The van der Waals surface area contributed by atoms with Crippen molar-refractivity contribution < 1.29 is 4.79 Å². The first-order valence-electron chi connectivity index (χ1n) is 6.13. The molecule has 0 atom stereocenters. The van der Waals surface area contributed by atoms with Gasteiger partial charge >= 0.3 is 0 Å². The van der Waals surface area contributed by atoms with Gasteiger partial charge in [-0.3, -0.25) is 4.79 Å². The summed E-state index contributed by atoms with van der Waals surface area (Å²) in [6, 6.07) is 8.00. The fraction of sp³-hybridized carbons (Fsp3) is 0.500. The molecule has 17 heavy (non-hydrogen) atoms. The summed E-state index contributed by atoms with van der Waals surface area (Å²) in [6.07, 6.45) is 4.40. The zero-order valence-corrected chi connectivity index (χ0v) is 11.7. The number of halogens is 1. The van der Waals surface area contributed by atoms with Crippen molar-refractivity contribution in [2.75, 3.05) is 0 Å². The minimum atomic E-state index is -0.138. The summed E-state index contributed by atoms with van der Waals surface area (Å²) in [6.45, 7) is 2.69. The van der Waals surface area contributed by atoms with Crippen LogP contribution in [0, 0.1) is 5.41 Å². The predicted molar refractivity (Wildman–Crippen MR) is 72.6 cm³/mol. The second-order valence-corrected chi connectivity index (χ2v) is 5.90. The molecule has 1 saturated carbocycles. The molecular formula is C14H18BrNO. The topological polar surface area (TPSA) is 29.1 Å². The number of amides is 1. The highest BCUT2D eigenvalue weighted by Crippen LogP contribution is 2.37. The van der Waals surface area contributed by atoms with Gasteiger partial charge in [0.05, 0.1) is 0 Å². The van der Waals surface area contributed by atoms with Crippen LogP contribution in [-0.2, 0) is 11.3 Å². The van der Waals surface area contributed by atoms with Crippen molar-refractivity contribution in [1.29, 1.82) is 0 Å². The average molecular weight is 296 g/mol. The zero-order chi connectivity index (χ0) is 12.3. The first kappa shape index (κ1) is 12.6. The molecule has 1 aromatic carbocycles. The van der Waals surface area contributed by atoms with Crippen molar-refractivity contribution >= 4 is 21.8 Å². The number of carbonyl (C=O) groups excluding carboxylic acids is 1. The van der Waals surface area contributed by atoms with Gasteiger partial charge in [-0.05, 0) is 24.5 Å². The maximum absolute atomic E-state index is 12.1. The van der Waals surface area contributed by atoms with Crippen molar-refractivity contribution in [2.24, 2.45) is 5.41 Å². The van der Waals surface area contributed by atoms with Gasteiger partial charge in [-0.15, -0.1) is 0 Å². The first-order valence-corrected chi connectivity index (χ1v) is 6.93. The molecule has 1 N–H and O–H groups in total. The van der Waals surface area contributed by atoms with Crippen LogP contribution in [0.5, 0.6) is 0 Å². The molecule has 0 spiro atoms. The predicted octanol–water partition coefficient (Wildman–Crippen LogP) is 3.65. The Morgan fingerprint density at radius 3 is 2.65 bits per heavy atom. The Balaban J connectivity index is 1.94. The molecular weight excluding hydrogens is 278 g/mol. The van der Waals surface area contributed by atoms with Gasteiger partial charge in [0.2, 0.25) is 5.91 Å². The lowest BCUT2D eigenvalue weighted by molar-refractivity contribution is -0.130. The molecule has 0 bridgehead atoms. The maximum atomic E-state index is 12.1. The summed E-state index contributed by atoms with van der Waals surface area (Å²) >= 11 is 3.49. The van der Waals surface area contributed by atoms with Crippen LogP contribution in [-0.4, -0.2) is 5.91 Å². The summed E-state index contributed by atoms with van der Waals surface area (Å²) in [5.41, 5.74) is 0.990. The molecule has 0 radical (unpaired) electrons. The van der Waals surface area contributed by atoms with E-state index in [1.54, 1.807) is 0 Å². The number of hydrogen-bond acceptors (Lipinski definition) is 1. The van der Waals surface area contributed by atoms with Gasteiger partial charge in [0.25, 0.3) is 0 Å². The Bertz CT molecular complexity index is 410. The smallest absolute Gasteiger partial charge is 0.226 e. The van der Waals surface area contributed by atoms with E-state index in [-0.39, 0.29) is 11.3 Å². The number of hydrogen-bond donors (Lipinski definition) is 1. The van der Waals surface area contributed by atoms with E-state index >= 15 is 0 Å². The molecule has 1 aromatic rings. The van der Waals surface area contributed by atoms with Crippen molar-refractivity contribution in [3.63, 3.8) is 0 Å². The van der Waals surface area contributed by atoms with Crippen LogP contribution in [0.15, 0.2) is 28.7 Å².